The fourth-order valence-electron chi connectivity index (χ4n) is 1.74. The predicted octanol–water partition coefficient (Wildman–Crippen LogP) is 2.23. The molecule has 0 aromatic heterocycles. The lowest BCUT2D eigenvalue weighted by Crippen LogP contribution is -2.06. The van der Waals surface area contributed by atoms with E-state index >= 15 is 0 Å². The van der Waals surface area contributed by atoms with Gasteiger partial charge in [0.25, 0.3) is 0 Å². The van der Waals surface area contributed by atoms with Gasteiger partial charge in [0.05, 0.1) is 14.2 Å². The molecule has 0 unspecified atom stereocenters. The number of ketones is 1. The maximum Gasteiger partial charge on any atom is 0.140 e. The summed E-state index contributed by atoms with van der Waals surface area (Å²) in [7, 11) is 3.23. The van der Waals surface area contributed by atoms with Crippen molar-refractivity contribution in [2.75, 3.05) is 14.2 Å². The van der Waals surface area contributed by atoms with Gasteiger partial charge in [0.15, 0.2) is 0 Å². The van der Waals surface area contributed by atoms with E-state index in [1.54, 1.807) is 14.2 Å². The highest BCUT2D eigenvalue weighted by molar-refractivity contribution is 5.85. The molecular weight excluding hydrogens is 204 g/mol. The summed E-state index contributed by atoms with van der Waals surface area (Å²) in [5.74, 6) is 2.10. The zero-order chi connectivity index (χ0) is 11.5. The summed E-state index contributed by atoms with van der Waals surface area (Å²) in [5, 5.41) is 0. The molecule has 0 bridgehead atoms. The van der Waals surface area contributed by atoms with Gasteiger partial charge in [0.1, 0.15) is 17.3 Å². The zero-order valence-electron chi connectivity index (χ0n) is 9.66. The summed E-state index contributed by atoms with van der Waals surface area (Å²) in [5.41, 5.74) is 0.945. The number of carbonyl (C=O) groups excluding carboxylic acids is 1. The number of hydrogen-bond donors (Lipinski definition) is 0. The van der Waals surface area contributed by atoms with Gasteiger partial charge in [-0.15, -0.1) is 0 Å². The van der Waals surface area contributed by atoms with E-state index in [1.165, 1.54) is 0 Å². The quantitative estimate of drug-likeness (QED) is 0.763. The molecule has 0 amide bonds. The van der Waals surface area contributed by atoms with E-state index in [-0.39, 0.29) is 0 Å². The standard InChI is InChI=1S/C13H16O3/c1-15-11-6-5-10(13(8-11)16-2)7-12(14)9-3-4-9/h5-6,8-9H,3-4,7H2,1-2H3. The monoisotopic (exact) mass is 220 g/mol. The number of methoxy groups -OCH3 is 2. The van der Waals surface area contributed by atoms with Crippen LogP contribution < -0.4 is 9.47 Å². The van der Waals surface area contributed by atoms with Crippen LogP contribution in [0.15, 0.2) is 18.2 Å². The number of hydrogen-bond acceptors (Lipinski definition) is 3. The summed E-state index contributed by atoms with van der Waals surface area (Å²) in [4.78, 5) is 11.7. The minimum Gasteiger partial charge on any atom is -0.497 e. The van der Waals surface area contributed by atoms with Crippen LogP contribution in [0.1, 0.15) is 18.4 Å². The van der Waals surface area contributed by atoms with Crippen molar-refractivity contribution in [3.63, 3.8) is 0 Å². The molecule has 0 saturated heterocycles. The van der Waals surface area contributed by atoms with E-state index in [2.05, 4.69) is 0 Å². The van der Waals surface area contributed by atoms with Crippen LogP contribution in [0.2, 0.25) is 0 Å². The van der Waals surface area contributed by atoms with Gasteiger partial charge in [0, 0.05) is 24.0 Å². The first-order valence-electron chi connectivity index (χ1n) is 5.48. The topological polar surface area (TPSA) is 35.5 Å². The maximum absolute atomic E-state index is 11.7. The van der Waals surface area contributed by atoms with Gasteiger partial charge in [-0.1, -0.05) is 6.07 Å². The maximum atomic E-state index is 11.7. The highest BCUT2D eigenvalue weighted by Gasteiger charge is 2.29. The number of Topliss-reactive ketones (excluding diaryl/α,β-unsaturated/α-hetero) is 1. The first kappa shape index (κ1) is 11.0. The first-order valence-corrected chi connectivity index (χ1v) is 5.48. The molecule has 0 heterocycles. The fraction of sp³-hybridized carbons (Fsp3) is 0.462. The van der Waals surface area contributed by atoms with Crippen LogP contribution >= 0.6 is 0 Å². The Morgan fingerprint density at radius 3 is 2.62 bits per heavy atom. The fourth-order valence-corrected chi connectivity index (χ4v) is 1.74. The summed E-state index contributed by atoms with van der Waals surface area (Å²) in [6.07, 6.45) is 2.58. The number of rotatable bonds is 5. The Bertz CT molecular complexity index is 394. The Morgan fingerprint density at radius 2 is 2.06 bits per heavy atom. The van der Waals surface area contributed by atoms with Gasteiger partial charge in [0.2, 0.25) is 0 Å². The number of benzene rings is 1. The second-order valence-electron chi connectivity index (χ2n) is 4.10. The summed E-state index contributed by atoms with van der Waals surface area (Å²) in [6, 6.07) is 5.57. The van der Waals surface area contributed by atoms with Crippen LogP contribution in [0.4, 0.5) is 0 Å². The van der Waals surface area contributed by atoms with Gasteiger partial charge < -0.3 is 9.47 Å². The van der Waals surface area contributed by atoms with Gasteiger partial charge in [-0.25, -0.2) is 0 Å². The van der Waals surface area contributed by atoms with Crippen LogP contribution in [-0.2, 0) is 11.2 Å². The normalized spacial score (nSPS) is 14.6. The minimum absolute atomic E-state index is 0.298. The molecule has 0 N–H and O–H groups in total. The van der Waals surface area contributed by atoms with Crippen LogP contribution in [0.5, 0.6) is 11.5 Å². The molecule has 3 heteroatoms. The minimum atomic E-state index is 0.298. The third-order valence-electron chi connectivity index (χ3n) is 2.89. The average molecular weight is 220 g/mol. The van der Waals surface area contributed by atoms with E-state index in [4.69, 9.17) is 9.47 Å². The predicted molar refractivity (Wildman–Crippen MR) is 61.0 cm³/mol. The van der Waals surface area contributed by atoms with Crippen molar-refractivity contribution in [2.24, 2.45) is 5.92 Å². The van der Waals surface area contributed by atoms with Crippen molar-refractivity contribution >= 4 is 5.78 Å². The van der Waals surface area contributed by atoms with Crippen molar-refractivity contribution in [2.45, 2.75) is 19.3 Å². The Labute approximate surface area is 95.4 Å². The molecule has 86 valence electrons. The number of carbonyl (C=O) groups is 1. The van der Waals surface area contributed by atoms with Gasteiger partial charge in [-0.3, -0.25) is 4.79 Å². The second kappa shape index (κ2) is 4.56. The van der Waals surface area contributed by atoms with Crippen molar-refractivity contribution in [3.05, 3.63) is 23.8 Å². The molecule has 16 heavy (non-hydrogen) atoms. The molecule has 1 saturated carbocycles. The van der Waals surface area contributed by atoms with Crippen LogP contribution in [-0.4, -0.2) is 20.0 Å². The summed E-state index contributed by atoms with van der Waals surface area (Å²) < 4.78 is 10.4. The van der Waals surface area contributed by atoms with E-state index in [9.17, 15) is 4.79 Å². The Morgan fingerprint density at radius 1 is 1.31 bits per heavy atom. The Balaban J connectivity index is 2.15. The first-order chi connectivity index (χ1) is 7.74. The van der Waals surface area contributed by atoms with Gasteiger partial charge >= 0.3 is 0 Å². The summed E-state index contributed by atoms with van der Waals surface area (Å²) in [6.45, 7) is 0. The lowest BCUT2D eigenvalue weighted by Gasteiger charge is -2.09. The summed E-state index contributed by atoms with van der Waals surface area (Å²) >= 11 is 0. The molecule has 0 radical (unpaired) electrons. The Hall–Kier alpha value is -1.51. The van der Waals surface area contributed by atoms with Gasteiger partial charge in [-0.05, 0) is 18.9 Å². The van der Waals surface area contributed by atoms with Crippen molar-refractivity contribution in [1.82, 2.24) is 0 Å². The molecule has 0 spiro atoms. The highest BCUT2D eigenvalue weighted by Crippen LogP contribution is 2.33. The van der Waals surface area contributed by atoms with Crippen molar-refractivity contribution < 1.29 is 14.3 Å². The molecule has 1 aliphatic rings. The molecule has 1 aromatic carbocycles. The van der Waals surface area contributed by atoms with Crippen molar-refractivity contribution in [3.8, 4) is 11.5 Å². The van der Waals surface area contributed by atoms with Crippen molar-refractivity contribution in [1.29, 1.82) is 0 Å². The molecule has 2 rings (SSSR count). The van der Waals surface area contributed by atoms with E-state index in [0.29, 0.717) is 18.1 Å². The Kier molecular flexibility index (Phi) is 3.13. The van der Waals surface area contributed by atoms with Crippen LogP contribution in [0, 0.1) is 5.92 Å². The van der Waals surface area contributed by atoms with Gasteiger partial charge in [-0.2, -0.15) is 0 Å². The van der Waals surface area contributed by atoms with E-state index in [0.717, 1.165) is 29.9 Å². The third-order valence-corrected chi connectivity index (χ3v) is 2.89. The molecule has 1 fully saturated rings. The average Bonchev–Trinajstić information content (AvgIpc) is 3.13. The molecule has 0 atom stereocenters. The number of ether oxygens (including phenoxy) is 2. The lowest BCUT2D eigenvalue weighted by molar-refractivity contribution is -0.119. The molecular formula is C13H16O3. The largest absolute Gasteiger partial charge is 0.497 e. The van der Waals surface area contributed by atoms with E-state index in [1.807, 2.05) is 18.2 Å². The zero-order valence-corrected chi connectivity index (χ0v) is 9.66. The molecule has 0 aliphatic heterocycles. The smallest absolute Gasteiger partial charge is 0.140 e. The van der Waals surface area contributed by atoms with Crippen LogP contribution in [0.25, 0.3) is 0 Å². The molecule has 1 aliphatic carbocycles. The molecule has 3 nitrogen and oxygen atoms in total. The molecule has 1 aromatic rings. The highest BCUT2D eigenvalue weighted by atomic mass is 16.5. The van der Waals surface area contributed by atoms with E-state index < -0.39 is 0 Å². The lowest BCUT2D eigenvalue weighted by atomic mass is 10.0. The second-order valence-corrected chi connectivity index (χ2v) is 4.10. The third kappa shape index (κ3) is 2.35. The SMILES string of the molecule is COc1ccc(CC(=O)C2CC2)c(OC)c1. The van der Waals surface area contributed by atoms with Crippen LogP contribution in [0.3, 0.4) is 0 Å².